The van der Waals surface area contributed by atoms with Gasteiger partial charge < -0.3 is 14.8 Å². The number of anilines is 1. The van der Waals surface area contributed by atoms with Crippen molar-refractivity contribution in [3.05, 3.63) is 53.5 Å². The number of nitrogens with zero attached hydrogens (tertiary/aromatic N) is 4. The van der Waals surface area contributed by atoms with Crippen LogP contribution in [0.5, 0.6) is 0 Å². The summed E-state index contributed by atoms with van der Waals surface area (Å²) in [5.41, 5.74) is 1.32. The van der Waals surface area contributed by atoms with E-state index < -0.39 is 17.7 Å². The molecule has 0 saturated heterocycles. The van der Waals surface area contributed by atoms with E-state index in [0.29, 0.717) is 39.8 Å². The molecule has 3 atom stereocenters. The van der Waals surface area contributed by atoms with E-state index in [1.54, 1.807) is 17.8 Å². The van der Waals surface area contributed by atoms with Crippen molar-refractivity contribution in [1.82, 2.24) is 25.1 Å². The molecule has 4 aliphatic rings. The average Bonchev–Trinajstić information content (AvgIpc) is 3.69. The molecule has 3 fully saturated rings. The Morgan fingerprint density at radius 1 is 1.16 bits per heavy atom. The molecule has 8 rings (SSSR count). The number of furan rings is 1. The zero-order chi connectivity index (χ0) is 25.8. The van der Waals surface area contributed by atoms with Gasteiger partial charge in [0.05, 0.1) is 22.8 Å². The molecule has 9 nitrogen and oxygen atoms in total. The lowest BCUT2D eigenvalue weighted by atomic mass is 9.61. The van der Waals surface area contributed by atoms with E-state index >= 15 is 0 Å². The normalized spacial score (nSPS) is 26.3. The maximum atomic E-state index is 14.1. The molecule has 38 heavy (non-hydrogen) atoms. The Morgan fingerprint density at radius 3 is 2.79 bits per heavy atom. The molecule has 0 aromatic carbocycles. The summed E-state index contributed by atoms with van der Waals surface area (Å²) in [6.45, 7) is 0. The van der Waals surface area contributed by atoms with Gasteiger partial charge in [0.15, 0.2) is 17.2 Å². The highest BCUT2D eigenvalue weighted by Crippen LogP contribution is 2.46. The molecule has 194 valence electrons. The first-order chi connectivity index (χ1) is 18.5. The summed E-state index contributed by atoms with van der Waals surface area (Å²) >= 11 is 1.71. The highest BCUT2D eigenvalue weighted by atomic mass is 32.2. The fourth-order valence-corrected chi connectivity index (χ4v) is 7.11. The summed E-state index contributed by atoms with van der Waals surface area (Å²) in [5, 5.41) is 23.4. The van der Waals surface area contributed by atoms with E-state index in [2.05, 4.69) is 32.0 Å². The lowest BCUT2D eigenvalue weighted by molar-refractivity contribution is -0.148. The second kappa shape index (κ2) is 9.23. The highest BCUT2D eigenvalue weighted by Gasteiger charge is 2.47. The first-order valence-electron chi connectivity index (χ1n) is 12.8. The molecular weight excluding hydrogens is 507 g/mol. The zero-order valence-electron chi connectivity index (χ0n) is 20.3. The SMILES string of the molecule is O=C(O)[C@H]1C2CCC(CC2)[C@H]1Nc1cc(-c2ccc(C3CC=CS3)o2)nc(-c2[nH]nc3ncc(F)cc23)n1. The molecule has 3 saturated carbocycles. The van der Waals surface area contributed by atoms with Crippen LogP contribution in [0.4, 0.5) is 10.2 Å². The molecule has 11 heteroatoms. The van der Waals surface area contributed by atoms with Gasteiger partial charge in [0, 0.05) is 12.1 Å². The maximum Gasteiger partial charge on any atom is 0.308 e. The van der Waals surface area contributed by atoms with E-state index in [4.69, 9.17) is 14.4 Å². The lowest BCUT2D eigenvalue weighted by Gasteiger charge is -2.47. The molecule has 1 aliphatic heterocycles. The third-order valence-electron chi connectivity index (χ3n) is 8.03. The Bertz CT molecular complexity index is 1550. The number of aromatic nitrogens is 5. The summed E-state index contributed by atoms with van der Waals surface area (Å²) in [4.78, 5) is 25.8. The Morgan fingerprint density at radius 2 is 2.00 bits per heavy atom. The van der Waals surface area contributed by atoms with Crippen LogP contribution in [0.2, 0.25) is 0 Å². The van der Waals surface area contributed by atoms with E-state index in [1.807, 2.05) is 12.1 Å². The van der Waals surface area contributed by atoms with Crippen LogP contribution in [0.3, 0.4) is 0 Å². The Labute approximate surface area is 221 Å². The minimum Gasteiger partial charge on any atom is -0.481 e. The third-order valence-corrected chi connectivity index (χ3v) is 9.13. The number of carboxylic acids is 1. The number of carbonyl (C=O) groups is 1. The minimum atomic E-state index is -0.772. The van der Waals surface area contributed by atoms with E-state index in [0.717, 1.165) is 44.1 Å². The van der Waals surface area contributed by atoms with Crippen LogP contribution in [-0.2, 0) is 4.79 Å². The molecule has 5 heterocycles. The number of allylic oxidation sites excluding steroid dienone is 1. The van der Waals surface area contributed by atoms with Gasteiger partial charge >= 0.3 is 5.97 Å². The van der Waals surface area contributed by atoms with Crippen molar-refractivity contribution >= 4 is 34.6 Å². The number of nitrogens with one attached hydrogen (secondary N) is 2. The van der Waals surface area contributed by atoms with Crippen LogP contribution in [0.25, 0.3) is 34.0 Å². The van der Waals surface area contributed by atoms with Gasteiger partial charge in [-0.15, -0.1) is 11.8 Å². The van der Waals surface area contributed by atoms with Crippen molar-refractivity contribution in [2.75, 3.05) is 5.32 Å². The van der Waals surface area contributed by atoms with Gasteiger partial charge in [-0.2, -0.15) is 5.10 Å². The van der Waals surface area contributed by atoms with Crippen molar-refractivity contribution in [3.63, 3.8) is 0 Å². The van der Waals surface area contributed by atoms with Gasteiger partial charge in [0.25, 0.3) is 0 Å². The molecule has 0 amide bonds. The van der Waals surface area contributed by atoms with Crippen LogP contribution in [0.15, 0.2) is 46.4 Å². The van der Waals surface area contributed by atoms with Crippen LogP contribution >= 0.6 is 11.8 Å². The first-order valence-corrected chi connectivity index (χ1v) is 13.8. The van der Waals surface area contributed by atoms with Crippen molar-refractivity contribution in [2.24, 2.45) is 17.8 Å². The lowest BCUT2D eigenvalue weighted by Crippen LogP contribution is -2.51. The highest BCUT2D eigenvalue weighted by molar-refractivity contribution is 8.02. The van der Waals surface area contributed by atoms with Crippen LogP contribution in [0.1, 0.15) is 43.1 Å². The van der Waals surface area contributed by atoms with Crippen molar-refractivity contribution in [3.8, 4) is 23.0 Å². The monoisotopic (exact) mass is 532 g/mol. The number of aromatic amines is 1. The number of rotatable bonds is 6. The molecule has 0 spiro atoms. The van der Waals surface area contributed by atoms with Crippen LogP contribution in [0, 0.1) is 23.6 Å². The zero-order valence-corrected chi connectivity index (χ0v) is 21.1. The predicted molar refractivity (Wildman–Crippen MR) is 141 cm³/mol. The number of hydrogen-bond acceptors (Lipinski definition) is 8. The molecule has 4 aromatic rings. The summed E-state index contributed by atoms with van der Waals surface area (Å²) in [6.07, 6.45) is 8.03. The second-order valence-corrected chi connectivity index (χ2v) is 11.3. The molecule has 0 radical (unpaired) electrons. The third kappa shape index (κ3) is 4.05. The first kappa shape index (κ1) is 23.4. The average molecular weight is 533 g/mol. The molecule has 4 aromatic heterocycles. The van der Waals surface area contributed by atoms with Gasteiger partial charge in [0.2, 0.25) is 0 Å². The smallest absolute Gasteiger partial charge is 0.308 e. The van der Waals surface area contributed by atoms with E-state index in [9.17, 15) is 14.3 Å². The summed E-state index contributed by atoms with van der Waals surface area (Å²) in [6, 6.07) is 6.76. The van der Waals surface area contributed by atoms with E-state index in [1.165, 1.54) is 6.07 Å². The number of aliphatic carboxylic acids is 1. The van der Waals surface area contributed by atoms with Crippen molar-refractivity contribution in [1.29, 1.82) is 0 Å². The van der Waals surface area contributed by atoms with Gasteiger partial charge in [-0.3, -0.25) is 9.89 Å². The largest absolute Gasteiger partial charge is 0.481 e. The number of H-pyrrole nitrogens is 1. The van der Waals surface area contributed by atoms with Gasteiger partial charge in [-0.1, -0.05) is 6.08 Å². The quantitative estimate of drug-likeness (QED) is 0.282. The maximum absolute atomic E-state index is 14.1. The van der Waals surface area contributed by atoms with Gasteiger partial charge in [-0.05, 0) is 67.5 Å². The van der Waals surface area contributed by atoms with Crippen molar-refractivity contribution in [2.45, 2.75) is 43.4 Å². The fourth-order valence-electron chi connectivity index (χ4n) is 6.22. The number of pyridine rings is 1. The van der Waals surface area contributed by atoms with Gasteiger partial charge in [0.1, 0.15) is 28.8 Å². The predicted octanol–water partition coefficient (Wildman–Crippen LogP) is 5.81. The molecule has 1 unspecified atom stereocenters. The number of halogens is 1. The number of carboxylic acid groups (broad SMARTS) is 1. The molecule has 2 bridgehead atoms. The molecule has 3 N–H and O–H groups in total. The van der Waals surface area contributed by atoms with E-state index in [-0.39, 0.29) is 23.1 Å². The Balaban J connectivity index is 1.31. The summed E-state index contributed by atoms with van der Waals surface area (Å²) < 4.78 is 20.3. The Kier molecular flexibility index (Phi) is 5.68. The molecular formula is C27H25FN6O3S. The minimum absolute atomic E-state index is 0.159. The molecule has 3 aliphatic carbocycles. The van der Waals surface area contributed by atoms with Crippen LogP contribution < -0.4 is 5.32 Å². The number of thioether (sulfide) groups is 1. The summed E-state index contributed by atoms with van der Waals surface area (Å²) in [7, 11) is 0. The topological polar surface area (TPSA) is 130 Å². The Hall–Kier alpha value is -3.73. The standard InChI is InChI=1S/C27H25FN6O3S/c28-15-10-16-24(33-34-25(16)29-12-15)26-30-17(18-7-8-19(37-18)20-2-1-9-38-20)11-21(32-26)31-23-14-5-3-13(4-6-14)22(23)27(35)36/h1,7-14,20,22-23H,2-6H2,(H,35,36)(H,29,33,34)(H,30,31,32)/t13?,14?,20?,22-,23+/m0/s1. The van der Waals surface area contributed by atoms with Crippen LogP contribution in [-0.4, -0.2) is 42.3 Å². The van der Waals surface area contributed by atoms with Gasteiger partial charge in [-0.25, -0.2) is 19.3 Å². The number of hydrogen-bond donors (Lipinski definition) is 3. The number of fused-ring (bicyclic) bond motifs is 4. The second-order valence-electron chi connectivity index (χ2n) is 10.2. The fraction of sp³-hybridized carbons (Fsp3) is 0.370. The van der Waals surface area contributed by atoms with Crippen molar-refractivity contribution < 1.29 is 18.7 Å². The summed E-state index contributed by atoms with van der Waals surface area (Å²) in [5.74, 6) is 0.908.